The van der Waals surface area contributed by atoms with Gasteiger partial charge in [0.2, 0.25) is 0 Å². The molecule has 0 radical (unpaired) electrons. The zero-order valence-electron chi connectivity index (χ0n) is 14.0. The van der Waals surface area contributed by atoms with E-state index in [4.69, 9.17) is 14.2 Å². The Morgan fingerprint density at radius 3 is 2.50 bits per heavy atom. The van der Waals surface area contributed by atoms with Crippen molar-refractivity contribution in [1.29, 1.82) is 0 Å². The molecule has 0 heterocycles. The summed E-state index contributed by atoms with van der Waals surface area (Å²) >= 11 is 0. The third kappa shape index (κ3) is 3.70. The molecular formula is C20H22O4. The molecule has 0 amide bonds. The average molecular weight is 326 g/mol. The Morgan fingerprint density at radius 2 is 1.79 bits per heavy atom. The number of rotatable bonds is 7. The van der Waals surface area contributed by atoms with Crippen LogP contribution in [0.3, 0.4) is 0 Å². The number of methoxy groups -OCH3 is 1. The van der Waals surface area contributed by atoms with Crippen LogP contribution in [0.4, 0.5) is 0 Å². The highest BCUT2D eigenvalue weighted by molar-refractivity contribution is 5.80. The Labute approximate surface area is 142 Å². The first-order chi connectivity index (χ1) is 11.7. The molecular weight excluding hydrogens is 304 g/mol. The molecule has 0 saturated heterocycles. The Bertz CT molecular complexity index is 693. The number of carbonyl (C=O) groups is 1. The molecule has 2 aromatic carbocycles. The molecule has 0 bridgehead atoms. The van der Waals surface area contributed by atoms with Crippen LogP contribution >= 0.6 is 0 Å². The molecule has 1 aliphatic rings. The highest BCUT2D eigenvalue weighted by Crippen LogP contribution is 2.50. The minimum Gasteiger partial charge on any atom is -0.496 e. The average Bonchev–Trinajstić information content (AvgIpc) is 3.42. The second-order valence-corrected chi connectivity index (χ2v) is 5.93. The van der Waals surface area contributed by atoms with Gasteiger partial charge < -0.3 is 14.2 Å². The first-order valence-electron chi connectivity index (χ1n) is 8.30. The normalized spacial score (nSPS) is 18.8. The first kappa shape index (κ1) is 16.4. The Kier molecular flexibility index (Phi) is 5.04. The van der Waals surface area contributed by atoms with Crippen LogP contribution < -0.4 is 14.2 Å². The molecule has 0 N–H and O–H groups in total. The standard InChI is InChI=1S/C20H22O4/c1-3-12-23-14-8-10-15(11-9-14)24-20(21)18-13-17(18)16-6-4-5-7-19(16)22-2/h4-11,17-18H,3,12-13H2,1-2H3. The molecule has 4 nitrogen and oxygen atoms in total. The van der Waals surface area contributed by atoms with Gasteiger partial charge in [0.1, 0.15) is 17.2 Å². The number of carbonyl (C=O) groups excluding carboxylic acids is 1. The van der Waals surface area contributed by atoms with E-state index in [-0.39, 0.29) is 17.8 Å². The van der Waals surface area contributed by atoms with Gasteiger partial charge in [-0.25, -0.2) is 0 Å². The summed E-state index contributed by atoms with van der Waals surface area (Å²) in [6.45, 7) is 2.74. The summed E-state index contributed by atoms with van der Waals surface area (Å²) in [6, 6.07) is 15.0. The number of ether oxygens (including phenoxy) is 3. The first-order valence-corrected chi connectivity index (χ1v) is 8.30. The van der Waals surface area contributed by atoms with Crippen LogP contribution in [0, 0.1) is 5.92 Å². The molecule has 2 atom stereocenters. The molecule has 2 aromatic rings. The van der Waals surface area contributed by atoms with E-state index in [0.717, 1.165) is 29.9 Å². The lowest BCUT2D eigenvalue weighted by Gasteiger charge is -2.08. The summed E-state index contributed by atoms with van der Waals surface area (Å²) in [7, 11) is 1.65. The van der Waals surface area contributed by atoms with Gasteiger partial charge in [-0.3, -0.25) is 4.79 Å². The van der Waals surface area contributed by atoms with E-state index in [1.807, 2.05) is 36.4 Å². The van der Waals surface area contributed by atoms with Crippen molar-refractivity contribution in [2.75, 3.05) is 13.7 Å². The minimum absolute atomic E-state index is 0.0997. The maximum absolute atomic E-state index is 12.3. The molecule has 3 rings (SSSR count). The van der Waals surface area contributed by atoms with Gasteiger partial charge in [-0.05, 0) is 48.7 Å². The van der Waals surface area contributed by atoms with Gasteiger partial charge in [0.25, 0.3) is 0 Å². The van der Waals surface area contributed by atoms with Crippen LogP contribution in [-0.4, -0.2) is 19.7 Å². The molecule has 1 saturated carbocycles. The quantitative estimate of drug-likeness (QED) is 0.565. The lowest BCUT2D eigenvalue weighted by Crippen LogP contribution is -2.11. The van der Waals surface area contributed by atoms with Crippen molar-refractivity contribution >= 4 is 5.97 Å². The van der Waals surface area contributed by atoms with Gasteiger partial charge >= 0.3 is 5.97 Å². The number of esters is 1. The van der Waals surface area contributed by atoms with Gasteiger partial charge in [0.15, 0.2) is 0 Å². The van der Waals surface area contributed by atoms with Crippen LogP contribution in [0.25, 0.3) is 0 Å². The van der Waals surface area contributed by atoms with Crippen LogP contribution in [0.15, 0.2) is 48.5 Å². The number of para-hydroxylation sites is 1. The molecule has 0 spiro atoms. The number of benzene rings is 2. The number of hydrogen-bond donors (Lipinski definition) is 0. The highest BCUT2D eigenvalue weighted by Gasteiger charge is 2.46. The number of hydrogen-bond acceptors (Lipinski definition) is 4. The van der Waals surface area contributed by atoms with E-state index < -0.39 is 0 Å². The van der Waals surface area contributed by atoms with Gasteiger partial charge in [-0.15, -0.1) is 0 Å². The van der Waals surface area contributed by atoms with Crippen molar-refractivity contribution in [2.45, 2.75) is 25.7 Å². The van der Waals surface area contributed by atoms with E-state index in [9.17, 15) is 4.79 Å². The van der Waals surface area contributed by atoms with Crippen molar-refractivity contribution in [3.8, 4) is 17.2 Å². The SMILES string of the molecule is CCCOc1ccc(OC(=O)C2CC2c2ccccc2OC)cc1. The molecule has 24 heavy (non-hydrogen) atoms. The lowest BCUT2D eigenvalue weighted by atomic mass is 10.1. The summed E-state index contributed by atoms with van der Waals surface area (Å²) in [4.78, 5) is 12.3. The van der Waals surface area contributed by atoms with E-state index in [2.05, 4.69) is 6.92 Å². The topological polar surface area (TPSA) is 44.8 Å². The molecule has 2 unspecified atom stereocenters. The van der Waals surface area contributed by atoms with Crippen molar-refractivity contribution in [2.24, 2.45) is 5.92 Å². The highest BCUT2D eigenvalue weighted by atomic mass is 16.5. The van der Waals surface area contributed by atoms with E-state index in [1.54, 1.807) is 19.2 Å². The van der Waals surface area contributed by atoms with E-state index in [1.165, 1.54) is 0 Å². The molecule has 1 aliphatic carbocycles. The lowest BCUT2D eigenvalue weighted by molar-refractivity contribution is -0.135. The van der Waals surface area contributed by atoms with Gasteiger partial charge in [-0.1, -0.05) is 25.1 Å². The van der Waals surface area contributed by atoms with Crippen molar-refractivity contribution in [3.63, 3.8) is 0 Å². The minimum atomic E-state index is -0.187. The third-order valence-corrected chi connectivity index (χ3v) is 4.15. The predicted octanol–water partition coefficient (Wildman–Crippen LogP) is 4.19. The summed E-state index contributed by atoms with van der Waals surface area (Å²) in [6.07, 6.45) is 1.76. The summed E-state index contributed by atoms with van der Waals surface area (Å²) < 4.78 is 16.4. The third-order valence-electron chi connectivity index (χ3n) is 4.15. The fourth-order valence-electron chi connectivity index (χ4n) is 2.79. The molecule has 1 fully saturated rings. The van der Waals surface area contributed by atoms with E-state index >= 15 is 0 Å². The molecule has 126 valence electrons. The monoisotopic (exact) mass is 326 g/mol. The fraction of sp³-hybridized carbons (Fsp3) is 0.350. The van der Waals surface area contributed by atoms with Crippen molar-refractivity contribution in [3.05, 3.63) is 54.1 Å². The van der Waals surface area contributed by atoms with Crippen molar-refractivity contribution in [1.82, 2.24) is 0 Å². The van der Waals surface area contributed by atoms with Crippen LogP contribution in [0.2, 0.25) is 0 Å². The van der Waals surface area contributed by atoms with Crippen molar-refractivity contribution < 1.29 is 19.0 Å². The Hall–Kier alpha value is -2.49. The van der Waals surface area contributed by atoms with Crippen LogP contribution in [0.1, 0.15) is 31.2 Å². The molecule has 4 heteroatoms. The maximum Gasteiger partial charge on any atom is 0.314 e. The van der Waals surface area contributed by atoms with E-state index in [0.29, 0.717) is 12.4 Å². The summed E-state index contributed by atoms with van der Waals surface area (Å²) in [5.41, 5.74) is 1.07. The molecule has 0 aromatic heterocycles. The second-order valence-electron chi connectivity index (χ2n) is 5.93. The summed E-state index contributed by atoms with van der Waals surface area (Å²) in [5.74, 6) is 2.06. The van der Waals surface area contributed by atoms with Crippen LogP contribution in [-0.2, 0) is 4.79 Å². The predicted molar refractivity (Wildman–Crippen MR) is 91.7 cm³/mol. The van der Waals surface area contributed by atoms with Gasteiger partial charge in [0, 0.05) is 5.92 Å². The smallest absolute Gasteiger partial charge is 0.314 e. The van der Waals surface area contributed by atoms with Gasteiger partial charge in [-0.2, -0.15) is 0 Å². The Balaban J connectivity index is 1.58. The fourth-order valence-corrected chi connectivity index (χ4v) is 2.79. The molecule has 0 aliphatic heterocycles. The maximum atomic E-state index is 12.3. The zero-order chi connectivity index (χ0) is 16.9. The van der Waals surface area contributed by atoms with Gasteiger partial charge in [0.05, 0.1) is 19.6 Å². The Morgan fingerprint density at radius 1 is 1.08 bits per heavy atom. The largest absolute Gasteiger partial charge is 0.496 e. The van der Waals surface area contributed by atoms with Crippen LogP contribution in [0.5, 0.6) is 17.2 Å². The zero-order valence-corrected chi connectivity index (χ0v) is 14.0. The summed E-state index contributed by atoms with van der Waals surface area (Å²) in [5, 5.41) is 0. The second kappa shape index (κ2) is 7.39.